The summed E-state index contributed by atoms with van der Waals surface area (Å²) in [5, 5.41) is 3.84. The third kappa shape index (κ3) is 6.00. The summed E-state index contributed by atoms with van der Waals surface area (Å²) in [6.07, 6.45) is 11.7. The van der Waals surface area contributed by atoms with Gasteiger partial charge in [-0.05, 0) is 119 Å². The Labute approximate surface area is 324 Å². The van der Waals surface area contributed by atoms with Crippen molar-refractivity contribution < 1.29 is 0 Å². The standard InChI is InChI=1S/C50H38N2S2/c1-4-14-47-41(5-2)45-20-13-19-42(50(45)54-47)35-23-26-39(27-24-35)52(37-16-7-6-8-17-37)40-30-28-38(29-31-40)51-34(3)33-49-44(43-18-10-12-22-48(43)53-49)32-25-36-15-9-11-21-46(36)51/h4-24,26-33H,2-3,25H2,1H3/b14-4-,44-32-,49-33+. The summed E-state index contributed by atoms with van der Waals surface area (Å²) in [5.41, 5.74) is 11.3. The molecule has 0 unspecified atom stereocenters. The van der Waals surface area contributed by atoms with Crippen LogP contribution in [0.15, 0.2) is 171 Å². The molecule has 260 valence electrons. The second-order valence-electron chi connectivity index (χ2n) is 13.4. The highest BCUT2D eigenvalue weighted by Gasteiger charge is 2.19. The van der Waals surface area contributed by atoms with Gasteiger partial charge >= 0.3 is 0 Å². The molecule has 0 fully saturated rings. The summed E-state index contributed by atoms with van der Waals surface area (Å²) >= 11 is 3.66. The molecule has 0 radical (unpaired) electrons. The average Bonchev–Trinajstić information content (AvgIpc) is 3.76. The van der Waals surface area contributed by atoms with Crippen LogP contribution in [0.3, 0.4) is 0 Å². The Morgan fingerprint density at radius 2 is 1.37 bits per heavy atom. The first kappa shape index (κ1) is 33.6. The maximum absolute atomic E-state index is 4.65. The van der Waals surface area contributed by atoms with Crippen LogP contribution in [-0.4, -0.2) is 0 Å². The zero-order valence-corrected chi connectivity index (χ0v) is 31.7. The van der Waals surface area contributed by atoms with E-state index in [4.69, 9.17) is 0 Å². The van der Waals surface area contributed by atoms with Gasteiger partial charge in [-0.25, -0.2) is 0 Å². The molecule has 2 nitrogen and oxygen atoms in total. The summed E-state index contributed by atoms with van der Waals surface area (Å²) in [6.45, 7) is 10.8. The number of hydrogen-bond donors (Lipinski definition) is 0. The number of thiophene rings is 2. The molecule has 0 spiro atoms. The van der Waals surface area contributed by atoms with Gasteiger partial charge in [-0.3, -0.25) is 0 Å². The Kier molecular flexibility index (Phi) is 8.92. The fraction of sp³-hybridized carbons (Fsp3) is 0.0400. The molecule has 1 aliphatic rings. The summed E-state index contributed by atoms with van der Waals surface area (Å²) < 4.78 is 3.82. The van der Waals surface area contributed by atoms with Gasteiger partial charge in [0.25, 0.3) is 0 Å². The lowest BCUT2D eigenvalue weighted by Gasteiger charge is -2.29. The lowest BCUT2D eigenvalue weighted by Crippen LogP contribution is -2.21. The molecule has 54 heavy (non-hydrogen) atoms. The van der Waals surface area contributed by atoms with Crippen LogP contribution in [0.5, 0.6) is 0 Å². The van der Waals surface area contributed by atoms with Gasteiger partial charge in [0.1, 0.15) is 0 Å². The van der Waals surface area contributed by atoms with Crippen LogP contribution in [0, 0.1) is 0 Å². The van der Waals surface area contributed by atoms with Crippen molar-refractivity contribution in [3.05, 3.63) is 196 Å². The summed E-state index contributed by atoms with van der Waals surface area (Å²) in [7, 11) is 0. The zero-order valence-electron chi connectivity index (χ0n) is 30.1. The normalized spacial score (nSPS) is 14.0. The van der Waals surface area contributed by atoms with Crippen LogP contribution in [0.25, 0.3) is 55.6 Å². The van der Waals surface area contributed by atoms with Crippen LogP contribution >= 0.6 is 22.7 Å². The predicted octanol–water partition coefficient (Wildman–Crippen LogP) is 13.4. The number of anilines is 5. The topological polar surface area (TPSA) is 6.48 Å². The second-order valence-corrected chi connectivity index (χ2v) is 15.5. The van der Waals surface area contributed by atoms with Gasteiger partial charge in [0.2, 0.25) is 0 Å². The quantitative estimate of drug-likeness (QED) is 0.161. The highest BCUT2D eigenvalue weighted by atomic mass is 32.1. The molecule has 0 N–H and O–H groups in total. The molecular formula is C50H38N2S2. The molecule has 0 aliphatic carbocycles. The maximum atomic E-state index is 4.65. The van der Waals surface area contributed by atoms with Crippen molar-refractivity contribution in [2.75, 3.05) is 9.80 Å². The van der Waals surface area contributed by atoms with Gasteiger partial charge in [0, 0.05) is 58.3 Å². The van der Waals surface area contributed by atoms with Crippen molar-refractivity contribution in [2.24, 2.45) is 0 Å². The van der Waals surface area contributed by atoms with E-state index in [9.17, 15) is 0 Å². The van der Waals surface area contributed by atoms with E-state index in [-0.39, 0.29) is 0 Å². The molecule has 2 aromatic heterocycles. The van der Waals surface area contributed by atoms with Crippen molar-refractivity contribution in [3.63, 3.8) is 0 Å². The zero-order chi connectivity index (χ0) is 36.6. The van der Waals surface area contributed by atoms with E-state index in [1.165, 1.54) is 57.1 Å². The van der Waals surface area contributed by atoms with Gasteiger partial charge in [0.05, 0.1) is 0 Å². The lowest BCUT2D eigenvalue weighted by atomic mass is 10.0. The van der Waals surface area contributed by atoms with E-state index in [1.54, 1.807) is 0 Å². The molecule has 0 amide bonds. The third-order valence-corrected chi connectivity index (χ3v) is 12.5. The van der Waals surface area contributed by atoms with Gasteiger partial charge in [0.15, 0.2) is 0 Å². The molecule has 0 atom stereocenters. The molecule has 1 aliphatic heterocycles. The largest absolute Gasteiger partial charge is 0.311 e. The van der Waals surface area contributed by atoms with Crippen molar-refractivity contribution in [1.82, 2.24) is 0 Å². The minimum atomic E-state index is 0.838. The van der Waals surface area contributed by atoms with E-state index in [1.807, 2.05) is 28.7 Å². The molecule has 3 heterocycles. The second kappa shape index (κ2) is 14.3. The van der Waals surface area contributed by atoms with Gasteiger partial charge in [-0.1, -0.05) is 116 Å². The first-order valence-electron chi connectivity index (χ1n) is 18.2. The highest BCUT2D eigenvalue weighted by molar-refractivity contribution is 7.20. The number of allylic oxidation sites excluding steroid dienone is 2. The number of rotatable bonds is 7. The Morgan fingerprint density at radius 3 is 2.15 bits per heavy atom. The van der Waals surface area contributed by atoms with E-state index in [0.29, 0.717) is 0 Å². The fourth-order valence-electron chi connectivity index (χ4n) is 7.63. The van der Waals surface area contributed by atoms with E-state index >= 15 is 0 Å². The van der Waals surface area contributed by atoms with E-state index in [0.717, 1.165) is 40.6 Å². The maximum Gasteiger partial charge on any atom is 0.0496 e. The van der Waals surface area contributed by atoms with Crippen molar-refractivity contribution in [2.45, 2.75) is 13.3 Å². The van der Waals surface area contributed by atoms with Crippen molar-refractivity contribution in [3.8, 4) is 11.1 Å². The average molecular weight is 731 g/mol. The van der Waals surface area contributed by atoms with Crippen LogP contribution in [0.4, 0.5) is 28.4 Å². The van der Waals surface area contributed by atoms with Crippen LogP contribution in [0.1, 0.15) is 22.9 Å². The molecule has 4 heteroatoms. The molecule has 9 rings (SSSR count). The predicted molar refractivity (Wildman–Crippen MR) is 238 cm³/mol. The van der Waals surface area contributed by atoms with Crippen molar-refractivity contribution >= 4 is 95.6 Å². The first-order valence-corrected chi connectivity index (χ1v) is 19.9. The number of fused-ring (bicyclic) bond motifs is 5. The smallest absolute Gasteiger partial charge is 0.0496 e. The Balaban J connectivity index is 1.10. The fourth-order valence-corrected chi connectivity index (χ4v) is 10.1. The minimum Gasteiger partial charge on any atom is -0.311 e. The van der Waals surface area contributed by atoms with Crippen LogP contribution in [0.2, 0.25) is 0 Å². The molecule has 0 saturated carbocycles. The molecular weight excluding hydrogens is 693 g/mol. The Hall–Kier alpha value is -6.20. The summed E-state index contributed by atoms with van der Waals surface area (Å²) in [4.78, 5) is 5.87. The minimum absolute atomic E-state index is 0.838. The monoisotopic (exact) mass is 730 g/mol. The van der Waals surface area contributed by atoms with Gasteiger partial charge in [-0.2, -0.15) is 0 Å². The number of nitrogens with zero attached hydrogens (tertiary/aromatic N) is 2. The molecule has 0 saturated heterocycles. The third-order valence-electron chi connectivity index (χ3n) is 10.1. The summed E-state index contributed by atoms with van der Waals surface area (Å²) in [5.74, 6) is 0. The Bertz CT molecular complexity index is 2840. The SMILES string of the molecule is C=Cc1c(/C=C\C)sc2c(-c3ccc(N(c4ccccc4)c4ccc(N5C(=C)/C=c6/sc7ccccc7/c6=C/Cc6ccccc65)cc4)cc3)cccc12. The van der Waals surface area contributed by atoms with Gasteiger partial charge in [-0.15, -0.1) is 22.7 Å². The molecule has 8 aromatic rings. The van der Waals surface area contributed by atoms with Crippen LogP contribution in [-0.2, 0) is 6.42 Å². The Morgan fingerprint density at radius 1 is 0.685 bits per heavy atom. The van der Waals surface area contributed by atoms with Crippen LogP contribution < -0.4 is 19.6 Å². The van der Waals surface area contributed by atoms with Gasteiger partial charge < -0.3 is 9.80 Å². The molecule has 0 bridgehead atoms. The molecule has 6 aromatic carbocycles. The van der Waals surface area contributed by atoms with E-state index in [2.05, 4.69) is 200 Å². The lowest BCUT2D eigenvalue weighted by molar-refractivity contribution is 1.19. The van der Waals surface area contributed by atoms with Crippen molar-refractivity contribution in [1.29, 1.82) is 0 Å². The highest BCUT2D eigenvalue weighted by Crippen LogP contribution is 2.42. The number of benzene rings is 6. The van der Waals surface area contributed by atoms with E-state index < -0.39 is 0 Å². The number of para-hydroxylation sites is 2. The number of hydrogen-bond acceptors (Lipinski definition) is 4. The summed E-state index contributed by atoms with van der Waals surface area (Å²) in [6, 6.07) is 52.4. The first-order chi connectivity index (χ1) is 26.6.